The van der Waals surface area contributed by atoms with Crippen LogP contribution in [0.25, 0.3) is 0 Å². The van der Waals surface area contributed by atoms with Gasteiger partial charge in [0, 0.05) is 6.42 Å². The normalized spacial score (nSPS) is 14.4. The summed E-state index contributed by atoms with van der Waals surface area (Å²) in [5.41, 5.74) is 5.19. The molecule has 0 aromatic heterocycles. The van der Waals surface area contributed by atoms with Crippen LogP contribution in [0.2, 0.25) is 0 Å². The zero-order chi connectivity index (χ0) is 12.1. The van der Waals surface area contributed by atoms with E-state index in [9.17, 15) is 13.2 Å². The molecule has 0 spiro atoms. The zero-order valence-electron chi connectivity index (χ0n) is 9.19. The number of aliphatic imine (C=N–C) groups is 1. The van der Waals surface area contributed by atoms with E-state index in [1.165, 1.54) is 0 Å². The number of rotatable bonds is 4. The van der Waals surface area contributed by atoms with Crippen molar-refractivity contribution in [3.8, 4) is 0 Å². The predicted octanol–water partition coefficient (Wildman–Crippen LogP) is 2.11. The molecule has 0 aromatic rings. The molecule has 0 radical (unpaired) electrons. The summed E-state index contributed by atoms with van der Waals surface area (Å²) in [4.78, 5) is 4.08. The lowest BCUT2D eigenvalue weighted by molar-refractivity contribution is -0.173. The molecule has 2 N–H and O–H groups in total. The Balaban J connectivity index is 3.74. The summed E-state index contributed by atoms with van der Waals surface area (Å²) in [5, 5.41) is 0. The molecule has 0 saturated carbocycles. The van der Waals surface area contributed by atoms with Gasteiger partial charge in [-0.2, -0.15) is 13.2 Å². The van der Waals surface area contributed by atoms with E-state index in [1.54, 1.807) is 0 Å². The Morgan fingerprint density at radius 1 is 1.27 bits per heavy atom. The van der Waals surface area contributed by atoms with Gasteiger partial charge in [0.05, 0.1) is 18.0 Å². The van der Waals surface area contributed by atoms with Gasteiger partial charge in [0.15, 0.2) is 0 Å². The number of ether oxygens (including phenoxy) is 1. The fourth-order valence-corrected chi connectivity index (χ4v) is 0.851. The molecule has 15 heavy (non-hydrogen) atoms. The minimum atomic E-state index is -4.28. The molecular weight excluding hydrogens is 209 g/mol. The maximum atomic E-state index is 11.7. The van der Waals surface area contributed by atoms with Crippen molar-refractivity contribution in [2.45, 2.75) is 38.9 Å². The summed E-state index contributed by atoms with van der Waals surface area (Å²) in [6.07, 6.45) is -4.07. The summed E-state index contributed by atoms with van der Waals surface area (Å²) in [6.45, 7) is 4.27. The Labute approximate surface area is 87.5 Å². The second kappa shape index (κ2) is 5.34. The van der Waals surface area contributed by atoms with Crippen molar-refractivity contribution in [2.75, 3.05) is 13.2 Å². The van der Waals surface area contributed by atoms with Crippen molar-refractivity contribution in [2.24, 2.45) is 10.7 Å². The Hall–Kier alpha value is -0.780. The number of hydrogen-bond donors (Lipinski definition) is 1. The van der Waals surface area contributed by atoms with E-state index in [0.29, 0.717) is 5.84 Å². The number of nitrogens with zero attached hydrogens (tertiary/aromatic N) is 1. The summed E-state index contributed by atoms with van der Waals surface area (Å²) in [6, 6.07) is 0. The van der Waals surface area contributed by atoms with Gasteiger partial charge in [-0.05, 0) is 20.8 Å². The first kappa shape index (κ1) is 14.2. The molecule has 0 fully saturated rings. The van der Waals surface area contributed by atoms with Crippen LogP contribution in [0.1, 0.15) is 27.2 Å². The minimum Gasteiger partial charge on any atom is -0.387 e. The van der Waals surface area contributed by atoms with Gasteiger partial charge in [0.1, 0.15) is 6.61 Å². The molecule has 0 saturated heterocycles. The standard InChI is InChI=1S/C9H17F3N2O/c1-8(2,3)14-7(13)4-5-15-6-9(10,11)12/h4-6H2,1-3H3,(H2,13,14). The average molecular weight is 226 g/mol. The van der Waals surface area contributed by atoms with Gasteiger partial charge < -0.3 is 10.5 Å². The Kier molecular flexibility index (Phi) is 5.07. The van der Waals surface area contributed by atoms with E-state index in [2.05, 4.69) is 9.73 Å². The van der Waals surface area contributed by atoms with Crippen LogP contribution < -0.4 is 5.73 Å². The molecule has 0 unspecified atom stereocenters. The lowest BCUT2D eigenvalue weighted by Gasteiger charge is -2.13. The average Bonchev–Trinajstić information content (AvgIpc) is 1.92. The van der Waals surface area contributed by atoms with E-state index in [1.807, 2.05) is 20.8 Å². The highest BCUT2D eigenvalue weighted by atomic mass is 19.4. The molecule has 0 heterocycles. The Morgan fingerprint density at radius 3 is 2.20 bits per heavy atom. The molecule has 0 bridgehead atoms. The van der Waals surface area contributed by atoms with Crippen molar-refractivity contribution in [1.82, 2.24) is 0 Å². The first-order valence-corrected chi connectivity index (χ1v) is 4.59. The van der Waals surface area contributed by atoms with Crippen molar-refractivity contribution in [3.63, 3.8) is 0 Å². The fraction of sp³-hybridized carbons (Fsp3) is 0.889. The van der Waals surface area contributed by atoms with Crippen molar-refractivity contribution in [1.29, 1.82) is 0 Å². The monoisotopic (exact) mass is 226 g/mol. The lowest BCUT2D eigenvalue weighted by Crippen LogP contribution is -2.23. The second-order valence-electron chi connectivity index (χ2n) is 4.19. The third-order valence-corrected chi connectivity index (χ3v) is 1.25. The third kappa shape index (κ3) is 11.1. The molecule has 0 aliphatic carbocycles. The molecule has 0 aliphatic heterocycles. The van der Waals surface area contributed by atoms with Crippen LogP contribution in [0.4, 0.5) is 13.2 Å². The van der Waals surface area contributed by atoms with E-state index < -0.39 is 12.8 Å². The summed E-state index contributed by atoms with van der Waals surface area (Å²) in [5.74, 6) is 0.310. The molecule has 0 amide bonds. The van der Waals surface area contributed by atoms with Crippen LogP contribution in [-0.4, -0.2) is 30.8 Å². The first-order valence-electron chi connectivity index (χ1n) is 4.59. The quantitative estimate of drug-likeness (QED) is 0.453. The lowest BCUT2D eigenvalue weighted by atomic mass is 10.1. The topological polar surface area (TPSA) is 47.6 Å². The van der Waals surface area contributed by atoms with Crippen LogP contribution in [0, 0.1) is 0 Å². The fourth-order valence-electron chi connectivity index (χ4n) is 0.851. The molecule has 0 aromatic carbocycles. The van der Waals surface area contributed by atoms with Crippen LogP contribution in [0.5, 0.6) is 0 Å². The Bertz CT molecular complexity index is 218. The highest BCUT2D eigenvalue weighted by Gasteiger charge is 2.27. The highest BCUT2D eigenvalue weighted by Crippen LogP contribution is 2.14. The van der Waals surface area contributed by atoms with Crippen LogP contribution in [0.3, 0.4) is 0 Å². The van der Waals surface area contributed by atoms with Gasteiger partial charge in [0.25, 0.3) is 0 Å². The number of nitrogens with two attached hydrogens (primary N) is 1. The minimum absolute atomic E-state index is 0.0646. The number of amidine groups is 1. The second-order valence-corrected chi connectivity index (χ2v) is 4.19. The number of halogens is 3. The predicted molar refractivity (Wildman–Crippen MR) is 52.9 cm³/mol. The van der Waals surface area contributed by atoms with Crippen LogP contribution in [-0.2, 0) is 4.74 Å². The summed E-state index contributed by atoms with van der Waals surface area (Å²) >= 11 is 0. The number of hydrogen-bond acceptors (Lipinski definition) is 2. The smallest absolute Gasteiger partial charge is 0.387 e. The molecule has 90 valence electrons. The van der Waals surface area contributed by atoms with Crippen LogP contribution >= 0.6 is 0 Å². The maximum absolute atomic E-state index is 11.7. The maximum Gasteiger partial charge on any atom is 0.411 e. The van der Waals surface area contributed by atoms with E-state index in [0.717, 1.165) is 0 Å². The van der Waals surface area contributed by atoms with Gasteiger partial charge in [-0.1, -0.05) is 0 Å². The van der Waals surface area contributed by atoms with Crippen molar-refractivity contribution in [3.05, 3.63) is 0 Å². The number of alkyl halides is 3. The largest absolute Gasteiger partial charge is 0.411 e. The Morgan fingerprint density at radius 2 is 1.80 bits per heavy atom. The van der Waals surface area contributed by atoms with E-state index in [-0.39, 0.29) is 18.6 Å². The molecular formula is C9H17F3N2O. The molecule has 6 heteroatoms. The molecule has 3 nitrogen and oxygen atoms in total. The van der Waals surface area contributed by atoms with Gasteiger partial charge in [-0.3, -0.25) is 4.99 Å². The van der Waals surface area contributed by atoms with Gasteiger partial charge in [-0.15, -0.1) is 0 Å². The van der Waals surface area contributed by atoms with Gasteiger partial charge in [0.2, 0.25) is 0 Å². The van der Waals surface area contributed by atoms with Gasteiger partial charge in [-0.25, -0.2) is 0 Å². The van der Waals surface area contributed by atoms with Crippen molar-refractivity contribution < 1.29 is 17.9 Å². The van der Waals surface area contributed by atoms with E-state index >= 15 is 0 Å². The molecule has 0 aliphatic rings. The van der Waals surface area contributed by atoms with Crippen molar-refractivity contribution >= 4 is 5.84 Å². The van der Waals surface area contributed by atoms with E-state index in [4.69, 9.17) is 5.73 Å². The molecule has 0 rings (SSSR count). The highest BCUT2D eigenvalue weighted by molar-refractivity contribution is 5.80. The summed E-state index contributed by atoms with van der Waals surface area (Å²) < 4.78 is 39.4. The summed E-state index contributed by atoms with van der Waals surface area (Å²) in [7, 11) is 0. The van der Waals surface area contributed by atoms with Crippen LogP contribution in [0.15, 0.2) is 4.99 Å². The molecule has 0 atom stereocenters. The third-order valence-electron chi connectivity index (χ3n) is 1.25. The zero-order valence-corrected chi connectivity index (χ0v) is 9.19. The first-order chi connectivity index (χ1) is 6.60. The van der Waals surface area contributed by atoms with Gasteiger partial charge >= 0.3 is 6.18 Å². The SMILES string of the molecule is CC(C)(C)N=C(N)CCOCC(F)(F)F.